The number of nitrogens with zero attached hydrogens (tertiary/aromatic N) is 2. The third-order valence-electron chi connectivity index (χ3n) is 5.46. The number of hydrogen-bond donors (Lipinski definition) is 3. The van der Waals surface area contributed by atoms with Gasteiger partial charge in [0.05, 0.1) is 20.8 Å². The highest BCUT2D eigenvalue weighted by Crippen LogP contribution is 2.24. The van der Waals surface area contributed by atoms with E-state index in [1.54, 1.807) is 32.4 Å². The number of halogens is 2. The van der Waals surface area contributed by atoms with E-state index in [-0.39, 0.29) is 42.1 Å². The molecule has 182 valence electrons. The zero-order valence-electron chi connectivity index (χ0n) is 19.4. The molecule has 3 N–H and O–H groups in total. The van der Waals surface area contributed by atoms with Crippen molar-refractivity contribution >= 4 is 29.9 Å². The highest BCUT2D eigenvalue weighted by atomic mass is 127. The molecule has 2 aromatic rings. The van der Waals surface area contributed by atoms with Gasteiger partial charge in [0.15, 0.2) is 5.96 Å². The minimum atomic E-state index is -0.991. The number of rotatable bonds is 9. The summed E-state index contributed by atoms with van der Waals surface area (Å²) in [5.74, 6) is 1.76. The summed E-state index contributed by atoms with van der Waals surface area (Å²) in [5.41, 5.74) is 1.39. The Morgan fingerprint density at radius 2 is 1.91 bits per heavy atom. The molecule has 7 nitrogen and oxygen atoms in total. The molecule has 33 heavy (non-hydrogen) atoms. The van der Waals surface area contributed by atoms with E-state index in [1.807, 2.05) is 25.1 Å². The van der Waals surface area contributed by atoms with Crippen molar-refractivity contribution in [3.63, 3.8) is 0 Å². The van der Waals surface area contributed by atoms with Gasteiger partial charge in [0.2, 0.25) is 0 Å². The van der Waals surface area contributed by atoms with Crippen LogP contribution in [-0.4, -0.2) is 62.4 Å². The average molecular weight is 572 g/mol. The molecular weight excluding hydrogens is 538 g/mol. The Bertz CT molecular complexity index is 893. The first kappa shape index (κ1) is 27.1. The van der Waals surface area contributed by atoms with Crippen LogP contribution in [0.25, 0.3) is 0 Å². The SMILES string of the molecule is CCNC(=NCC(O)c1ccccc1F)NC1CCN(Cc2cc(OC)cc(OC)c2)C1.I. The Labute approximate surface area is 212 Å². The van der Waals surface area contributed by atoms with E-state index in [0.717, 1.165) is 43.1 Å². The van der Waals surface area contributed by atoms with Crippen LogP contribution in [0.3, 0.4) is 0 Å². The van der Waals surface area contributed by atoms with E-state index in [0.29, 0.717) is 12.5 Å². The van der Waals surface area contributed by atoms with Gasteiger partial charge in [0, 0.05) is 43.9 Å². The normalized spacial score (nSPS) is 17.2. The summed E-state index contributed by atoms with van der Waals surface area (Å²) in [6.07, 6.45) is -0.0174. The predicted molar refractivity (Wildman–Crippen MR) is 139 cm³/mol. The summed E-state index contributed by atoms with van der Waals surface area (Å²) in [6.45, 7) is 5.37. The molecule has 1 heterocycles. The van der Waals surface area contributed by atoms with Gasteiger partial charge in [0.1, 0.15) is 23.4 Å². The molecule has 3 rings (SSSR count). The maximum atomic E-state index is 13.9. The van der Waals surface area contributed by atoms with Crippen molar-refractivity contribution in [2.75, 3.05) is 40.4 Å². The molecule has 1 fully saturated rings. The van der Waals surface area contributed by atoms with Crippen molar-refractivity contribution in [3.8, 4) is 11.5 Å². The lowest BCUT2D eigenvalue weighted by Crippen LogP contribution is -2.44. The lowest BCUT2D eigenvalue weighted by atomic mass is 10.1. The van der Waals surface area contributed by atoms with E-state index >= 15 is 0 Å². The molecule has 2 atom stereocenters. The fourth-order valence-electron chi connectivity index (χ4n) is 3.84. The minimum Gasteiger partial charge on any atom is -0.497 e. The van der Waals surface area contributed by atoms with Crippen LogP contribution in [0, 0.1) is 5.82 Å². The van der Waals surface area contributed by atoms with Crippen molar-refractivity contribution in [2.45, 2.75) is 32.0 Å². The van der Waals surface area contributed by atoms with E-state index in [4.69, 9.17) is 9.47 Å². The van der Waals surface area contributed by atoms with Gasteiger partial charge in [-0.3, -0.25) is 9.89 Å². The summed E-state index contributed by atoms with van der Waals surface area (Å²) < 4.78 is 24.6. The van der Waals surface area contributed by atoms with E-state index in [1.165, 1.54) is 6.07 Å². The van der Waals surface area contributed by atoms with Gasteiger partial charge in [-0.2, -0.15) is 0 Å². The zero-order valence-corrected chi connectivity index (χ0v) is 21.7. The van der Waals surface area contributed by atoms with Crippen LogP contribution in [0.5, 0.6) is 11.5 Å². The van der Waals surface area contributed by atoms with E-state index in [2.05, 4.69) is 20.5 Å². The number of hydrogen-bond acceptors (Lipinski definition) is 5. The molecule has 1 aliphatic heterocycles. The standard InChI is InChI=1S/C24H33FN4O3.HI/c1-4-26-24(27-14-23(30)21-7-5-6-8-22(21)25)28-18-9-10-29(16-18)15-17-11-19(31-2)13-20(12-17)32-3;/h5-8,11-13,18,23,30H,4,9-10,14-16H2,1-3H3,(H2,26,27,28);1H. The van der Waals surface area contributed by atoms with Crippen LogP contribution in [0.4, 0.5) is 4.39 Å². The third kappa shape index (κ3) is 8.01. The van der Waals surface area contributed by atoms with Crippen LogP contribution < -0.4 is 20.1 Å². The summed E-state index contributed by atoms with van der Waals surface area (Å²) in [6, 6.07) is 12.4. The van der Waals surface area contributed by atoms with Gasteiger partial charge in [0.25, 0.3) is 0 Å². The fourth-order valence-corrected chi connectivity index (χ4v) is 3.84. The molecule has 0 aromatic heterocycles. The molecule has 0 aliphatic carbocycles. The number of likely N-dealkylation sites (tertiary alicyclic amines) is 1. The van der Waals surface area contributed by atoms with Crippen LogP contribution in [0.1, 0.15) is 30.6 Å². The van der Waals surface area contributed by atoms with Crippen molar-refractivity contribution < 1.29 is 19.0 Å². The van der Waals surface area contributed by atoms with Gasteiger partial charge in [-0.05, 0) is 37.1 Å². The smallest absolute Gasteiger partial charge is 0.191 e. The third-order valence-corrected chi connectivity index (χ3v) is 5.46. The number of aliphatic hydroxyl groups is 1. The van der Waals surface area contributed by atoms with Crippen molar-refractivity contribution in [1.29, 1.82) is 0 Å². The Morgan fingerprint density at radius 3 is 2.55 bits per heavy atom. The quantitative estimate of drug-likeness (QED) is 0.243. The second kappa shape index (κ2) is 13.6. The van der Waals surface area contributed by atoms with Crippen molar-refractivity contribution in [2.24, 2.45) is 4.99 Å². The second-order valence-corrected chi connectivity index (χ2v) is 7.84. The van der Waals surface area contributed by atoms with Crippen molar-refractivity contribution in [3.05, 3.63) is 59.4 Å². The molecule has 0 spiro atoms. The summed E-state index contributed by atoms with van der Waals surface area (Å²) in [4.78, 5) is 6.84. The Morgan fingerprint density at radius 1 is 1.21 bits per heavy atom. The second-order valence-electron chi connectivity index (χ2n) is 7.84. The monoisotopic (exact) mass is 572 g/mol. The predicted octanol–water partition coefficient (Wildman–Crippen LogP) is 3.32. The molecule has 0 radical (unpaired) electrons. The van der Waals surface area contributed by atoms with Crippen molar-refractivity contribution in [1.82, 2.24) is 15.5 Å². The number of aliphatic hydroxyl groups excluding tert-OH is 1. The van der Waals surface area contributed by atoms with Gasteiger partial charge in [-0.1, -0.05) is 18.2 Å². The number of ether oxygens (including phenoxy) is 2. The van der Waals surface area contributed by atoms with E-state index in [9.17, 15) is 9.50 Å². The highest BCUT2D eigenvalue weighted by Gasteiger charge is 2.24. The molecule has 0 amide bonds. The molecule has 1 saturated heterocycles. The number of nitrogens with one attached hydrogen (secondary N) is 2. The summed E-state index contributed by atoms with van der Waals surface area (Å²) in [5, 5.41) is 17.0. The summed E-state index contributed by atoms with van der Waals surface area (Å²) >= 11 is 0. The largest absolute Gasteiger partial charge is 0.497 e. The van der Waals surface area contributed by atoms with Crippen LogP contribution in [0.2, 0.25) is 0 Å². The maximum absolute atomic E-state index is 13.9. The first-order chi connectivity index (χ1) is 15.5. The first-order valence-corrected chi connectivity index (χ1v) is 10.9. The zero-order chi connectivity index (χ0) is 22.9. The molecule has 0 bridgehead atoms. The van der Waals surface area contributed by atoms with Crippen LogP contribution >= 0.6 is 24.0 Å². The van der Waals surface area contributed by atoms with Gasteiger partial charge < -0.3 is 25.2 Å². The highest BCUT2D eigenvalue weighted by molar-refractivity contribution is 14.0. The van der Waals surface area contributed by atoms with Crippen LogP contribution in [-0.2, 0) is 6.54 Å². The topological polar surface area (TPSA) is 78.4 Å². The number of aliphatic imine (C=N–C) groups is 1. The summed E-state index contributed by atoms with van der Waals surface area (Å²) in [7, 11) is 3.30. The minimum absolute atomic E-state index is 0. The molecule has 2 unspecified atom stereocenters. The van der Waals surface area contributed by atoms with Gasteiger partial charge in [-0.15, -0.1) is 24.0 Å². The molecule has 9 heteroatoms. The average Bonchev–Trinajstić information content (AvgIpc) is 3.23. The first-order valence-electron chi connectivity index (χ1n) is 10.9. The molecule has 0 saturated carbocycles. The molecule has 1 aliphatic rings. The Balaban J connectivity index is 0.00000385. The Kier molecular flexibility index (Phi) is 11.2. The number of benzene rings is 2. The molecule has 2 aromatic carbocycles. The fraction of sp³-hybridized carbons (Fsp3) is 0.458. The maximum Gasteiger partial charge on any atom is 0.191 e. The van der Waals surface area contributed by atoms with E-state index < -0.39 is 11.9 Å². The lowest BCUT2D eigenvalue weighted by molar-refractivity contribution is 0.182. The number of guanidine groups is 1. The van der Waals surface area contributed by atoms with Crippen LogP contribution in [0.15, 0.2) is 47.5 Å². The Hall–Kier alpha value is -2.11. The number of methoxy groups -OCH3 is 2. The lowest BCUT2D eigenvalue weighted by Gasteiger charge is -2.20. The van der Waals surface area contributed by atoms with Gasteiger partial charge in [-0.25, -0.2) is 4.39 Å². The molecular formula is C24H34FIN4O3. The van der Waals surface area contributed by atoms with Gasteiger partial charge >= 0.3 is 0 Å².